The van der Waals surface area contributed by atoms with E-state index in [2.05, 4.69) is 67.5 Å². The van der Waals surface area contributed by atoms with Crippen LogP contribution in [-0.4, -0.2) is 12.1 Å². The summed E-state index contributed by atoms with van der Waals surface area (Å²) in [6.07, 6.45) is 12.0. The molecule has 0 radical (unpaired) electrons. The molecule has 29 heavy (non-hydrogen) atoms. The highest BCUT2D eigenvalue weighted by molar-refractivity contribution is 5.77. The number of ether oxygens (including phenoxy) is 1. The predicted molar refractivity (Wildman–Crippen MR) is 124 cm³/mol. The van der Waals surface area contributed by atoms with Gasteiger partial charge in [0.05, 0.1) is 11.5 Å². The molecule has 2 nitrogen and oxygen atoms in total. The van der Waals surface area contributed by atoms with Crippen LogP contribution in [0.25, 0.3) is 0 Å². The zero-order chi connectivity index (χ0) is 22.0. The number of allylic oxidation sites excluding steroid dienone is 4. The van der Waals surface area contributed by atoms with Crippen molar-refractivity contribution in [2.75, 3.05) is 0 Å². The van der Waals surface area contributed by atoms with Crippen molar-refractivity contribution in [1.82, 2.24) is 0 Å². The molecule has 2 aliphatic rings. The van der Waals surface area contributed by atoms with Gasteiger partial charge in [0, 0.05) is 0 Å². The summed E-state index contributed by atoms with van der Waals surface area (Å²) in [6.45, 7) is 20.3. The number of hydrogen-bond donors (Lipinski definition) is 0. The first-order valence-corrected chi connectivity index (χ1v) is 12.0. The number of esters is 1. The van der Waals surface area contributed by atoms with Gasteiger partial charge in [-0.15, -0.1) is 0 Å². The van der Waals surface area contributed by atoms with E-state index in [4.69, 9.17) is 4.74 Å². The maximum atomic E-state index is 13.3. The first-order chi connectivity index (χ1) is 13.4. The van der Waals surface area contributed by atoms with E-state index in [9.17, 15) is 4.79 Å². The first kappa shape index (κ1) is 24.2. The van der Waals surface area contributed by atoms with Crippen LogP contribution in [-0.2, 0) is 9.53 Å². The molecule has 0 aromatic carbocycles. The fraction of sp³-hybridized carbons (Fsp3) is 0.815. The Hall–Kier alpha value is -1.05. The highest BCUT2D eigenvalue weighted by Crippen LogP contribution is 2.62. The predicted octanol–water partition coefficient (Wildman–Crippen LogP) is 7.88. The Labute approximate surface area is 180 Å². The molecule has 5 unspecified atom stereocenters. The van der Waals surface area contributed by atoms with E-state index in [1.54, 1.807) is 5.57 Å². The Morgan fingerprint density at radius 3 is 2.45 bits per heavy atom. The van der Waals surface area contributed by atoms with E-state index in [-0.39, 0.29) is 22.9 Å². The average Bonchev–Trinajstić information content (AvgIpc) is 2.59. The van der Waals surface area contributed by atoms with Crippen molar-refractivity contribution in [2.24, 2.45) is 28.1 Å². The van der Waals surface area contributed by atoms with Gasteiger partial charge in [-0.3, -0.25) is 4.79 Å². The number of rotatable bonds is 6. The normalized spacial score (nSPS) is 32.8. The standard InChI is InChI=1S/C27H46O2/c1-10-13-21-14-15-22-26(8,23(21)19(3)18-25(5,6)7)16-12-17-27(22,9)24(28)29-20(4)11-2/h10,13,19-20,22H,11-12,14-18H2,1-9H3/b13-10-. The second-order valence-electron chi connectivity index (χ2n) is 11.5. The van der Waals surface area contributed by atoms with Crippen LogP contribution in [0.4, 0.5) is 0 Å². The van der Waals surface area contributed by atoms with Gasteiger partial charge in [-0.05, 0) is 87.5 Å². The lowest BCUT2D eigenvalue weighted by Crippen LogP contribution is -2.52. The summed E-state index contributed by atoms with van der Waals surface area (Å²) in [6, 6.07) is 0. The Morgan fingerprint density at radius 1 is 1.24 bits per heavy atom. The lowest BCUT2D eigenvalue weighted by Gasteiger charge is -2.56. The average molecular weight is 403 g/mol. The van der Waals surface area contributed by atoms with Crippen LogP contribution < -0.4 is 0 Å². The minimum Gasteiger partial charge on any atom is -0.462 e. The van der Waals surface area contributed by atoms with Gasteiger partial charge >= 0.3 is 5.97 Å². The molecule has 0 bridgehead atoms. The molecule has 0 heterocycles. The Balaban J connectivity index is 2.49. The van der Waals surface area contributed by atoms with Crippen molar-refractivity contribution >= 4 is 5.97 Å². The zero-order valence-corrected chi connectivity index (χ0v) is 20.7. The van der Waals surface area contributed by atoms with Gasteiger partial charge < -0.3 is 4.74 Å². The van der Waals surface area contributed by atoms with E-state index in [1.165, 1.54) is 18.4 Å². The Kier molecular flexibility index (Phi) is 7.50. The number of carbonyl (C=O) groups is 1. The third kappa shape index (κ3) is 5.00. The minimum absolute atomic E-state index is 0.00418. The molecule has 1 saturated carbocycles. The molecule has 0 aromatic rings. The Bertz CT molecular complexity index is 650. The van der Waals surface area contributed by atoms with E-state index in [0.717, 1.165) is 32.1 Å². The minimum atomic E-state index is -0.370. The van der Waals surface area contributed by atoms with Gasteiger partial charge in [0.1, 0.15) is 0 Å². The lowest BCUT2D eigenvalue weighted by molar-refractivity contribution is -0.171. The molecule has 1 fully saturated rings. The van der Waals surface area contributed by atoms with E-state index in [0.29, 0.717) is 17.3 Å². The molecule has 166 valence electrons. The molecule has 0 saturated heterocycles. The fourth-order valence-electron chi connectivity index (χ4n) is 6.55. The number of fused-ring (bicyclic) bond motifs is 1. The van der Waals surface area contributed by atoms with Crippen LogP contribution in [0.1, 0.15) is 107 Å². The summed E-state index contributed by atoms with van der Waals surface area (Å²) in [5.74, 6) is 0.939. The number of carbonyl (C=O) groups excluding carboxylic acids is 1. The summed E-state index contributed by atoms with van der Waals surface area (Å²) in [5.41, 5.74) is 3.17. The first-order valence-electron chi connectivity index (χ1n) is 12.0. The topological polar surface area (TPSA) is 26.3 Å². The highest BCUT2D eigenvalue weighted by atomic mass is 16.5. The third-order valence-electron chi connectivity index (χ3n) is 7.72. The lowest BCUT2D eigenvalue weighted by atomic mass is 9.48. The van der Waals surface area contributed by atoms with Crippen molar-refractivity contribution < 1.29 is 9.53 Å². The number of hydrogen-bond acceptors (Lipinski definition) is 2. The molecule has 2 rings (SSSR count). The summed E-state index contributed by atoms with van der Waals surface area (Å²) < 4.78 is 5.92. The summed E-state index contributed by atoms with van der Waals surface area (Å²) in [5, 5.41) is 0. The fourth-order valence-corrected chi connectivity index (χ4v) is 6.55. The van der Waals surface area contributed by atoms with Gasteiger partial charge in [0.25, 0.3) is 0 Å². The van der Waals surface area contributed by atoms with E-state index in [1.807, 2.05) is 6.92 Å². The van der Waals surface area contributed by atoms with Crippen molar-refractivity contribution in [2.45, 2.75) is 113 Å². The van der Waals surface area contributed by atoms with Crippen LogP contribution in [0.2, 0.25) is 0 Å². The summed E-state index contributed by atoms with van der Waals surface area (Å²) in [4.78, 5) is 13.3. The maximum Gasteiger partial charge on any atom is 0.312 e. The molecular weight excluding hydrogens is 356 g/mol. The Morgan fingerprint density at radius 2 is 1.90 bits per heavy atom. The SMILES string of the molecule is C/C=C\C1=C(C(C)CC(C)(C)C)C2(C)CCCC(C)(C(=O)OC(C)CC)C2CC1. The zero-order valence-electron chi connectivity index (χ0n) is 20.7. The van der Waals surface area contributed by atoms with Gasteiger partial charge in [-0.1, -0.05) is 65.7 Å². The largest absolute Gasteiger partial charge is 0.462 e. The molecule has 2 heteroatoms. The van der Waals surface area contributed by atoms with Crippen LogP contribution in [0, 0.1) is 28.1 Å². The summed E-state index contributed by atoms with van der Waals surface area (Å²) >= 11 is 0. The molecule has 2 aliphatic carbocycles. The molecule has 0 aliphatic heterocycles. The second-order valence-corrected chi connectivity index (χ2v) is 11.5. The van der Waals surface area contributed by atoms with Crippen LogP contribution >= 0.6 is 0 Å². The van der Waals surface area contributed by atoms with Crippen LogP contribution in [0.3, 0.4) is 0 Å². The molecule has 0 aromatic heterocycles. The third-order valence-corrected chi connectivity index (χ3v) is 7.72. The van der Waals surface area contributed by atoms with Crippen molar-refractivity contribution in [3.8, 4) is 0 Å². The maximum absolute atomic E-state index is 13.3. The summed E-state index contributed by atoms with van der Waals surface area (Å²) in [7, 11) is 0. The molecule has 0 N–H and O–H groups in total. The highest BCUT2D eigenvalue weighted by Gasteiger charge is 2.57. The van der Waals surface area contributed by atoms with Crippen LogP contribution in [0.15, 0.2) is 23.3 Å². The molecule has 0 spiro atoms. The van der Waals surface area contributed by atoms with Gasteiger partial charge in [-0.25, -0.2) is 0 Å². The molecular formula is C27H46O2. The van der Waals surface area contributed by atoms with Crippen molar-refractivity contribution in [3.63, 3.8) is 0 Å². The van der Waals surface area contributed by atoms with E-state index < -0.39 is 0 Å². The van der Waals surface area contributed by atoms with Gasteiger partial charge in [-0.2, -0.15) is 0 Å². The van der Waals surface area contributed by atoms with Crippen molar-refractivity contribution in [1.29, 1.82) is 0 Å². The molecule has 0 amide bonds. The van der Waals surface area contributed by atoms with E-state index >= 15 is 0 Å². The van der Waals surface area contributed by atoms with Gasteiger partial charge in [0.2, 0.25) is 0 Å². The molecule has 5 atom stereocenters. The quantitative estimate of drug-likeness (QED) is 0.422. The smallest absolute Gasteiger partial charge is 0.312 e. The van der Waals surface area contributed by atoms with Gasteiger partial charge in [0.15, 0.2) is 0 Å². The van der Waals surface area contributed by atoms with Crippen LogP contribution in [0.5, 0.6) is 0 Å². The second kappa shape index (κ2) is 8.98. The monoisotopic (exact) mass is 402 g/mol. The van der Waals surface area contributed by atoms with Crippen molar-refractivity contribution in [3.05, 3.63) is 23.3 Å².